The zero-order chi connectivity index (χ0) is 15.2. The van der Waals surface area contributed by atoms with E-state index in [0.29, 0.717) is 19.0 Å². The predicted molar refractivity (Wildman–Crippen MR) is 93.1 cm³/mol. The molecule has 0 aromatic heterocycles. The Hall–Kier alpha value is -1.10. The monoisotopic (exact) mass is 325 g/mol. The Morgan fingerprint density at radius 2 is 2.09 bits per heavy atom. The van der Waals surface area contributed by atoms with Crippen LogP contribution >= 0.6 is 12.4 Å². The molecule has 1 aliphatic rings. The fourth-order valence-corrected chi connectivity index (χ4v) is 2.83. The maximum atomic E-state index is 12.0. The number of aryl methyl sites for hydroxylation is 1. The van der Waals surface area contributed by atoms with Crippen LogP contribution in [0.2, 0.25) is 0 Å². The number of benzene rings is 1. The van der Waals surface area contributed by atoms with Crippen LogP contribution in [0, 0.1) is 12.8 Å². The van der Waals surface area contributed by atoms with Gasteiger partial charge in [0.25, 0.3) is 0 Å². The summed E-state index contributed by atoms with van der Waals surface area (Å²) < 4.78 is 0. The third kappa shape index (κ3) is 5.95. The number of piperidine rings is 1. The first-order valence-corrected chi connectivity index (χ1v) is 7.85. The Bertz CT molecular complexity index is 461. The van der Waals surface area contributed by atoms with Crippen molar-refractivity contribution in [3.8, 4) is 0 Å². The quantitative estimate of drug-likeness (QED) is 0.871. The maximum Gasteiger partial charge on any atom is 0.234 e. The lowest BCUT2D eigenvalue weighted by Crippen LogP contribution is -2.46. The number of rotatable bonds is 5. The third-order valence-corrected chi connectivity index (χ3v) is 4.26. The van der Waals surface area contributed by atoms with E-state index < -0.39 is 0 Å². The second kappa shape index (κ2) is 9.13. The summed E-state index contributed by atoms with van der Waals surface area (Å²) in [5.41, 5.74) is 8.36. The van der Waals surface area contributed by atoms with E-state index in [1.807, 2.05) is 0 Å². The molecule has 1 amide bonds. The molecule has 2 atom stereocenters. The van der Waals surface area contributed by atoms with Crippen molar-refractivity contribution in [2.45, 2.75) is 39.3 Å². The molecule has 124 valence electrons. The van der Waals surface area contributed by atoms with Crippen molar-refractivity contribution in [2.75, 3.05) is 19.6 Å². The van der Waals surface area contributed by atoms with Gasteiger partial charge in [-0.15, -0.1) is 12.4 Å². The fraction of sp³-hybridized carbons (Fsp3) is 0.588. The number of likely N-dealkylation sites (tertiary alicyclic amines) is 1. The molecule has 0 bridgehead atoms. The van der Waals surface area contributed by atoms with Crippen LogP contribution in [0.1, 0.15) is 30.9 Å². The molecule has 2 unspecified atom stereocenters. The Balaban J connectivity index is 0.00000242. The number of halogens is 1. The number of hydrogen-bond donors (Lipinski definition) is 2. The molecule has 3 N–H and O–H groups in total. The summed E-state index contributed by atoms with van der Waals surface area (Å²) in [7, 11) is 0. The number of nitrogens with zero attached hydrogens (tertiary/aromatic N) is 1. The highest BCUT2D eigenvalue weighted by atomic mass is 35.5. The molecule has 1 fully saturated rings. The number of carbonyl (C=O) groups is 1. The van der Waals surface area contributed by atoms with Crippen molar-refractivity contribution >= 4 is 18.3 Å². The highest BCUT2D eigenvalue weighted by Crippen LogP contribution is 2.18. The van der Waals surface area contributed by atoms with E-state index in [0.717, 1.165) is 25.1 Å². The van der Waals surface area contributed by atoms with Gasteiger partial charge in [0.1, 0.15) is 0 Å². The van der Waals surface area contributed by atoms with Gasteiger partial charge in [-0.05, 0) is 44.7 Å². The van der Waals surface area contributed by atoms with E-state index in [1.165, 1.54) is 12.0 Å². The van der Waals surface area contributed by atoms with Crippen LogP contribution in [0.25, 0.3) is 0 Å². The van der Waals surface area contributed by atoms with E-state index in [-0.39, 0.29) is 24.4 Å². The van der Waals surface area contributed by atoms with Gasteiger partial charge < -0.3 is 11.1 Å². The van der Waals surface area contributed by atoms with Gasteiger partial charge >= 0.3 is 0 Å². The Kier molecular flexibility index (Phi) is 7.87. The highest BCUT2D eigenvalue weighted by Gasteiger charge is 2.23. The van der Waals surface area contributed by atoms with Crippen molar-refractivity contribution in [1.29, 1.82) is 0 Å². The van der Waals surface area contributed by atoms with Crippen LogP contribution in [0.3, 0.4) is 0 Å². The lowest BCUT2D eigenvalue weighted by molar-refractivity contribution is -0.122. The zero-order valence-corrected chi connectivity index (χ0v) is 14.4. The lowest BCUT2D eigenvalue weighted by atomic mass is 9.92. The molecule has 4 nitrogen and oxygen atoms in total. The summed E-state index contributed by atoms with van der Waals surface area (Å²) in [4.78, 5) is 14.3. The van der Waals surface area contributed by atoms with E-state index >= 15 is 0 Å². The van der Waals surface area contributed by atoms with Crippen LogP contribution in [0.15, 0.2) is 24.3 Å². The average Bonchev–Trinajstić information content (AvgIpc) is 2.47. The molecule has 1 saturated heterocycles. The normalized spacial score (nSPS) is 20.0. The smallest absolute Gasteiger partial charge is 0.234 e. The maximum absolute atomic E-state index is 12.0. The Labute approximate surface area is 139 Å². The Morgan fingerprint density at radius 1 is 1.41 bits per heavy atom. The summed E-state index contributed by atoms with van der Waals surface area (Å²) in [5, 5.41) is 3.00. The molecule has 22 heavy (non-hydrogen) atoms. The molecule has 2 rings (SSSR count). The lowest BCUT2D eigenvalue weighted by Gasteiger charge is -2.34. The fourth-order valence-electron chi connectivity index (χ4n) is 2.83. The molecule has 0 radical (unpaired) electrons. The largest absolute Gasteiger partial charge is 0.351 e. The van der Waals surface area contributed by atoms with Crippen molar-refractivity contribution in [3.05, 3.63) is 35.4 Å². The predicted octanol–water partition coefficient (Wildman–Crippen LogP) is 2.09. The average molecular weight is 326 g/mol. The van der Waals surface area contributed by atoms with Crippen LogP contribution in [-0.4, -0.2) is 36.5 Å². The summed E-state index contributed by atoms with van der Waals surface area (Å²) in [6.45, 7) is 7.15. The van der Waals surface area contributed by atoms with Crippen molar-refractivity contribution < 1.29 is 4.79 Å². The standard InChI is InChI=1S/C17H27N3O.ClH/c1-13-5-7-15(8-6-13)10-19-17(21)12-20-9-3-4-16(11-20)14(2)18;/h5-8,14,16H,3-4,9-12,18H2,1-2H3,(H,19,21);1H. The third-order valence-electron chi connectivity index (χ3n) is 4.26. The topological polar surface area (TPSA) is 58.4 Å². The SMILES string of the molecule is Cc1ccc(CNC(=O)CN2CCCC(C(C)N)C2)cc1.Cl. The van der Waals surface area contributed by atoms with Gasteiger partial charge in [0.2, 0.25) is 5.91 Å². The van der Waals surface area contributed by atoms with Crippen LogP contribution < -0.4 is 11.1 Å². The Morgan fingerprint density at radius 3 is 2.73 bits per heavy atom. The second-order valence-electron chi connectivity index (χ2n) is 6.26. The number of carbonyl (C=O) groups excluding carboxylic acids is 1. The van der Waals surface area contributed by atoms with Gasteiger partial charge in [0.15, 0.2) is 0 Å². The van der Waals surface area contributed by atoms with Gasteiger partial charge in [-0.1, -0.05) is 29.8 Å². The molecular formula is C17H28ClN3O. The first kappa shape index (κ1) is 18.9. The van der Waals surface area contributed by atoms with Crippen molar-refractivity contribution in [1.82, 2.24) is 10.2 Å². The molecular weight excluding hydrogens is 298 g/mol. The minimum atomic E-state index is 0. The number of nitrogens with one attached hydrogen (secondary N) is 1. The number of amides is 1. The van der Waals surface area contributed by atoms with Gasteiger partial charge in [0, 0.05) is 19.1 Å². The molecule has 1 aromatic rings. The van der Waals surface area contributed by atoms with Crippen LogP contribution in [0.5, 0.6) is 0 Å². The van der Waals surface area contributed by atoms with Crippen molar-refractivity contribution in [2.24, 2.45) is 11.7 Å². The summed E-state index contributed by atoms with van der Waals surface area (Å²) in [6, 6.07) is 8.47. The molecule has 0 saturated carbocycles. The summed E-state index contributed by atoms with van der Waals surface area (Å²) in [5.74, 6) is 0.615. The number of nitrogens with two attached hydrogens (primary N) is 1. The first-order chi connectivity index (χ1) is 10.0. The summed E-state index contributed by atoms with van der Waals surface area (Å²) in [6.07, 6.45) is 2.32. The minimum Gasteiger partial charge on any atom is -0.351 e. The van der Waals surface area contributed by atoms with Crippen molar-refractivity contribution in [3.63, 3.8) is 0 Å². The van der Waals surface area contributed by atoms with E-state index in [9.17, 15) is 4.79 Å². The second-order valence-corrected chi connectivity index (χ2v) is 6.26. The van der Waals surface area contributed by atoms with Gasteiger partial charge in [-0.2, -0.15) is 0 Å². The molecule has 1 aromatic carbocycles. The minimum absolute atomic E-state index is 0. The van der Waals surface area contributed by atoms with Gasteiger partial charge in [0.05, 0.1) is 6.54 Å². The molecule has 1 aliphatic heterocycles. The zero-order valence-electron chi connectivity index (χ0n) is 13.5. The molecule has 0 spiro atoms. The number of hydrogen-bond acceptors (Lipinski definition) is 3. The molecule has 0 aliphatic carbocycles. The first-order valence-electron chi connectivity index (χ1n) is 7.85. The van der Waals surface area contributed by atoms with Crippen LogP contribution in [0.4, 0.5) is 0 Å². The highest BCUT2D eigenvalue weighted by molar-refractivity contribution is 5.85. The molecule has 5 heteroatoms. The van der Waals surface area contributed by atoms with E-state index in [1.54, 1.807) is 0 Å². The summed E-state index contributed by atoms with van der Waals surface area (Å²) >= 11 is 0. The van der Waals surface area contributed by atoms with E-state index in [4.69, 9.17) is 5.73 Å². The van der Waals surface area contributed by atoms with Gasteiger partial charge in [-0.25, -0.2) is 0 Å². The molecule has 1 heterocycles. The van der Waals surface area contributed by atoms with Gasteiger partial charge in [-0.3, -0.25) is 9.69 Å². The van der Waals surface area contributed by atoms with E-state index in [2.05, 4.69) is 48.3 Å². The van der Waals surface area contributed by atoms with Crippen LogP contribution in [-0.2, 0) is 11.3 Å².